The molecule has 0 atom stereocenters. The van der Waals surface area contributed by atoms with E-state index in [1.807, 2.05) is 0 Å². The molecule has 0 unspecified atom stereocenters. The van der Waals surface area contributed by atoms with Crippen LogP contribution in [0.4, 0.5) is 5.69 Å². The molecule has 3 aromatic carbocycles. The zero-order valence-corrected chi connectivity index (χ0v) is 22.6. The SMILES string of the molecule is CCOC(=O)c1ccc(-n2cc(C(=O)O)c3cc(NC(=O)CCc4cc(OC)c(OC)c(OC)c4)ccc32)cc1. The van der Waals surface area contributed by atoms with E-state index >= 15 is 0 Å². The molecule has 208 valence electrons. The standard InChI is InChI=1S/C30H30N2O8/c1-5-40-30(36)19-7-10-21(11-8-19)32-17-23(29(34)35)22-16-20(9-12-24(22)32)31-27(33)13-6-18-14-25(37-2)28(39-4)26(15-18)38-3/h7-12,14-17H,5-6,13H2,1-4H3,(H,31,33)(H,34,35). The summed E-state index contributed by atoms with van der Waals surface area (Å²) in [5.41, 5.74) is 3.10. The van der Waals surface area contributed by atoms with Crippen LogP contribution >= 0.6 is 0 Å². The van der Waals surface area contributed by atoms with Crippen LogP contribution in [-0.2, 0) is 16.0 Å². The summed E-state index contributed by atoms with van der Waals surface area (Å²) in [7, 11) is 4.58. The van der Waals surface area contributed by atoms with Crippen LogP contribution in [0.1, 0.15) is 39.6 Å². The third-order valence-electron chi connectivity index (χ3n) is 6.34. The van der Waals surface area contributed by atoms with Gasteiger partial charge in [-0.1, -0.05) is 0 Å². The van der Waals surface area contributed by atoms with Crippen molar-refractivity contribution >= 4 is 34.4 Å². The highest BCUT2D eigenvalue weighted by molar-refractivity contribution is 6.06. The van der Waals surface area contributed by atoms with Crippen molar-refractivity contribution in [2.75, 3.05) is 33.3 Å². The first-order chi connectivity index (χ1) is 19.3. The Balaban J connectivity index is 1.54. The molecular formula is C30H30N2O8. The Morgan fingerprint density at radius 1 is 0.900 bits per heavy atom. The van der Waals surface area contributed by atoms with Crippen molar-refractivity contribution in [2.45, 2.75) is 19.8 Å². The van der Waals surface area contributed by atoms with Crippen molar-refractivity contribution in [1.82, 2.24) is 4.57 Å². The molecule has 1 aromatic heterocycles. The maximum absolute atomic E-state index is 12.8. The van der Waals surface area contributed by atoms with E-state index in [-0.39, 0.29) is 24.5 Å². The summed E-state index contributed by atoms with van der Waals surface area (Å²) in [6.45, 7) is 2.01. The second-order valence-corrected chi connectivity index (χ2v) is 8.80. The quantitative estimate of drug-likeness (QED) is 0.249. The second kappa shape index (κ2) is 12.2. The summed E-state index contributed by atoms with van der Waals surface area (Å²) in [6.07, 6.45) is 2.11. The number of esters is 1. The molecule has 1 amide bonds. The number of rotatable bonds is 11. The lowest BCUT2D eigenvalue weighted by atomic mass is 10.1. The minimum atomic E-state index is -1.10. The van der Waals surface area contributed by atoms with Crippen LogP contribution in [0.3, 0.4) is 0 Å². The molecule has 10 heteroatoms. The van der Waals surface area contributed by atoms with Gasteiger partial charge in [-0.15, -0.1) is 0 Å². The van der Waals surface area contributed by atoms with Crippen LogP contribution in [0, 0.1) is 0 Å². The smallest absolute Gasteiger partial charge is 0.338 e. The van der Waals surface area contributed by atoms with Crippen LogP contribution in [0.25, 0.3) is 16.6 Å². The average Bonchev–Trinajstić information content (AvgIpc) is 3.34. The van der Waals surface area contributed by atoms with Gasteiger partial charge >= 0.3 is 11.9 Å². The zero-order chi connectivity index (χ0) is 28.8. The van der Waals surface area contributed by atoms with E-state index in [0.717, 1.165) is 5.56 Å². The fourth-order valence-corrected chi connectivity index (χ4v) is 4.43. The number of nitrogens with one attached hydrogen (secondary N) is 1. The maximum Gasteiger partial charge on any atom is 0.338 e. The molecule has 0 saturated carbocycles. The molecule has 4 rings (SSSR count). The highest BCUT2D eigenvalue weighted by Gasteiger charge is 2.18. The molecule has 0 radical (unpaired) electrons. The topological polar surface area (TPSA) is 125 Å². The molecule has 10 nitrogen and oxygen atoms in total. The first kappa shape index (κ1) is 28.0. The molecule has 40 heavy (non-hydrogen) atoms. The molecule has 0 aliphatic rings. The summed E-state index contributed by atoms with van der Waals surface area (Å²) in [6, 6.07) is 15.4. The molecule has 0 aliphatic heterocycles. The van der Waals surface area contributed by atoms with E-state index < -0.39 is 11.9 Å². The van der Waals surface area contributed by atoms with Crippen LogP contribution < -0.4 is 19.5 Å². The van der Waals surface area contributed by atoms with Gasteiger partial charge < -0.3 is 33.9 Å². The third-order valence-corrected chi connectivity index (χ3v) is 6.34. The van der Waals surface area contributed by atoms with E-state index in [0.29, 0.717) is 51.5 Å². The minimum Gasteiger partial charge on any atom is -0.493 e. The van der Waals surface area contributed by atoms with Gasteiger partial charge in [0.05, 0.1) is 44.6 Å². The van der Waals surface area contributed by atoms with E-state index in [4.69, 9.17) is 18.9 Å². The predicted molar refractivity (Wildman–Crippen MR) is 149 cm³/mol. The number of hydrogen-bond acceptors (Lipinski definition) is 7. The van der Waals surface area contributed by atoms with Crippen molar-refractivity contribution in [3.05, 3.63) is 77.5 Å². The summed E-state index contributed by atoms with van der Waals surface area (Å²) in [4.78, 5) is 36.8. The minimum absolute atomic E-state index is 0.0815. The molecule has 0 fully saturated rings. The number of aromatic carboxylic acids is 1. The van der Waals surface area contributed by atoms with Crippen LogP contribution in [0.2, 0.25) is 0 Å². The summed E-state index contributed by atoms with van der Waals surface area (Å²) in [5.74, 6) is -0.282. The van der Waals surface area contributed by atoms with Gasteiger partial charge in [0.1, 0.15) is 0 Å². The maximum atomic E-state index is 12.8. The van der Waals surface area contributed by atoms with Gasteiger partial charge in [0.15, 0.2) is 11.5 Å². The second-order valence-electron chi connectivity index (χ2n) is 8.80. The summed E-state index contributed by atoms with van der Waals surface area (Å²) in [5, 5.41) is 13.1. The first-order valence-electron chi connectivity index (χ1n) is 12.5. The number of nitrogens with zero attached hydrogens (tertiary/aromatic N) is 1. The number of benzene rings is 3. The average molecular weight is 547 g/mol. The molecule has 0 spiro atoms. The van der Waals surface area contributed by atoms with E-state index in [1.165, 1.54) is 27.5 Å². The highest BCUT2D eigenvalue weighted by Crippen LogP contribution is 2.38. The monoisotopic (exact) mass is 546 g/mol. The molecule has 0 saturated heterocycles. The largest absolute Gasteiger partial charge is 0.493 e. The number of methoxy groups -OCH3 is 3. The van der Waals surface area contributed by atoms with Crippen molar-refractivity contribution in [1.29, 1.82) is 0 Å². The number of carbonyl (C=O) groups is 3. The fourth-order valence-electron chi connectivity index (χ4n) is 4.43. The third kappa shape index (κ3) is 5.85. The Bertz CT molecular complexity index is 1530. The fraction of sp³-hybridized carbons (Fsp3) is 0.233. The van der Waals surface area contributed by atoms with E-state index in [2.05, 4.69) is 5.32 Å². The lowest BCUT2D eigenvalue weighted by molar-refractivity contribution is -0.116. The highest BCUT2D eigenvalue weighted by atomic mass is 16.5. The van der Waals surface area contributed by atoms with Gasteiger partial charge in [-0.3, -0.25) is 4.79 Å². The number of anilines is 1. The van der Waals surface area contributed by atoms with Crippen LogP contribution in [-0.4, -0.2) is 55.5 Å². The van der Waals surface area contributed by atoms with Crippen molar-refractivity contribution in [3.8, 4) is 22.9 Å². The molecule has 1 heterocycles. The van der Waals surface area contributed by atoms with E-state index in [1.54, 1.807) is 66.1 Å². The van der Waals surface area contributed by atoms with Gasteiger partial charge in [0.2, 0.25) is 11.7 Å². The van der Waals surface area contributed by atoms with E-state index in [9.17, 15) is 19.5 Å². The number of fused-ring (bicyclic) bond motifs is 1. The number of aryl methyl sites for hydroxylation is 1. The Hall–Kier alpha value is -4.99. The number of carboxylic acid groups (broad SMARTS) is 1. The van der Waals surface area contributed by atoms with Gasteiger partial charge in [-0.2, -0.15) is 0 Å². The zero-order valence-electron chi connectivity index (χ0n) is 22.6. The molecule has 0 bridgehead atoms. The first-order valence-corrected chi connectivity index (χ1v) is 12.5. The number of aromatic nitrogens is 1. The van der Waals surface area contributed by atoms with Gasteiger partial charge in [-0.05, 0) is 73.5 Å². The molecule has 2 N–H and O–H groups in total. The van der Waals surface area contributed by atoms with Gasteiger partial charge in [0, 0.05) is 29.4 Å². The molecular weight excluding hydrogens is 516 g/mol. The number of carbonyl (C=O) groups excluding carboxylic acids is 2. The lowest BCUT2D eigenvalue weighted by Gasteiger charge is -2.14. The number of carboxylic acids is 1. The summed E-state index contributed by atoms with van der Waals surface area (Å²) >= 11 is 0. The molecule has 4 aromatic rings. The Morgan fingerprint density at radius 3 is 2.15 bits per heavy atom. The lowest BCUT2D eigenvalue weighted by Crippen LogP contribution is -2.12. The van der Waals surface area contributed by atoms with Gasteiger partial charge in [0.25, 0.3) is 0 Å². The predicted octanol–water partition coefficient (Wildman–Crippen LogP) is 5.10. The summed E-state index contributed by atoms with van der Waals surface area (Å²) < 4.78 is 22.8. The normalized spacial score (nSPS) is 10.7. The number of ether oxygens (including phenoxy) is 4. The number of amides is 1. The van der Waals surface area contributed by atoms with Crippen LogP contribution in [0.15, 0.2) is 60.8 Å². The van der Waals surface area contributed by atoms with Crippen molar-refractivity contribution < 1.29 is 38.4 Å². The van der Waals surface area contributed by atoms with Crippen molar-refractivity contribution in [2.24, 2.45) is 0 Å². The molecule has 0 aliphatic carbocycles. The Labute approximate surface area is 231 Å². The van der Waals surface area contributed by atoms with Crippen LogP contribution in [0.5, 0.6) is 17.2 Å². The Morgan fingerprint density at radius 2 is 1.57 bits per heavy atom. The number of hydrogen-bond donors (Lipinski definition) is 2. The van der Waals surface area contributed by atoms with Gasteiger partial charge in [-0.25, -0.2) is 9.59 Å². The van der Waals surface area contributed by atoms with Crippen molar-refractivity contribution in [3.63, 3.8) is 0 Å². The Kier molecular flexibility index (Phi) is 8.58.